The molecule has 0 atom stereocenters. The molecule has 0 amide bonds. The first kappa shape index (κ1) is 13.9. The van der Waals surface area contributed by atoms with Crippen LogP contribution >= 0.6 is 0 Å². The van der Waals surface area contributed by atoms with Crippen LogP contribution in [0, 0.1) is 12.3 Å². The van der Waals surface area contributed by atoms with Gasteiger partial charge in [-0.2, -0.15) is 0 Å². The predicted molar refractivity (Wildman–Crippen MR) is 72.0 cm³/mol. The van der Waals surface area contributed by atoms with E-state index in [1.807, 2.05) is 45.0 Å². The van der Waals surface area contributed by atoms with E-state index < -0.39 is 0 Å². The number of ketones is 1. The van der Waals surface area contributed by atoms with Crippen molar-refractivity contribution in [3.63, 3.8) is 0 Å². The van der Waals surface area contributed by atoms with Crippen molar-refractivity contribution in [2.75, 3.05) is 6.54 Å². The number of carbonyl (C=O) groups excluding carboxylic acids is 1. The number of rotatable bonds is 6. The number of benzene rings is 1. The topological polar surface area (TPSA) is 43.1 Å². The molecule has 0 aliphatic rings. The minimum atomic E-state index is -0.328. The highest BCUT2D eigenvalue weighted by molar-refractivity contribution is 5.87. The molecule has 0 fully saturated rings. The first-order chi connectivity index (χ1) is 8.07. The van der Waals surface area contributed by atoms with Crippen LogP contribution in [0.3, 0.4) is 0 Å². The van der Waals surface area contributed by atoms with Gasteiger partial charge in [0, 0.05) is 18.4 Å². The monoisotopic (exact) mass is 233 g/mol. The van der Waals surface area contributed by atoms with E-state index in [1.165, 1.54) is 5.56 Å². The van der Waals surface area contributed by atoms with Gasteiger partial charge in [-0.1, -0.05) is 43.7 Å². The molecule has 1 aromatic rings. The van der Waals surface area contributed by atoms with Crippen LogP contribution in [0.25, 0.3) is 0 Å². The summed E-state index contributed by atoms with van der Waals surface area (Å²) in [4.78, 5) is 12.3. The van der Waals surface area contributed by atoms with Crippen molar-refractivity contribution in [1.29, 1.82) is 0 Å². The molecule has 17 heavy (non-hydrogen) atoms. The van der Waals surface area contributed by atoms with E-state index in [9.17, 15) is 4.79 Å². The Kier molecular flexibility index (Phi) is 4.88. The van der Waals surface area contributed by atoms with Crippen LogP contribution in [-0.2, 0) is 11.2 Å². The summed E-state index contributed by atoms with van der Waals surface area (Å²) in [5, 5.41) is 0. The number of hydrogen-bond acceptors (Lipinski definition) is 2. The molecule has 0 aliphatic carbocycles. The largest absolute Gasteiger partial charge is 0.329 e. The Labute approximate surface area is 104 Å². The third-order valence-electron chi connectivity index (χ3n) is 3.82. The summed E-state index contributed by atoms with van der Waals surface area (Å²) in [5.41, 5.74) is 7.76. The molecule has 1 aromatic carbocycles. The normalized spacial score (nSPS) is 11.5. The van der Waals surface area contributed by atoms with Crippen LogP contribution in [0.4, 0.5) is 0 Å². The van der Waals surface area contributed by atoms with Crippen molar-refractivity contribution in [3.05, 3.63) is 35.4 Å². The first-order valence-corrected chi connectivity index (χ1v) is 6.37. The van der Waals surface area contributed by atoms with Gasteiger partial charge in [-0.25, -0.2) is 0 Å². The zero-order valence-corrected chi connectivity index (χ0v) is 11.1. The quantitative estimate of drug-likeness (QED) is 0.821. The number of nitrogens with two attached hydrogens (primary N) is 1. The van der Waals surface area contributed by atoms with Gasteiger partial charge in [0.05, 0.1) is 0 Å². The van der Waals surface area contributed by atoms with Crippen molar-refractivity contribution < 1.29 is 4.79 Å². The Morgan fingerprint density at radius 3 is 2.12 bits per heavy atom. The number of carbonyl (C=O) groups is 1. The highest BCUT2D eigenvalue weighted by atomic mass is 16.1. The zero-order chi connectivity index (χ0) is 12.9. The van der Waals surface area contributed by atoms with Crippen LogP contribution in [0.1, 0.15) is 37.8 Å². The van der Waals surface area contributed by atoms with Gasteiger partial charge in [-0.05, 0) is 25.3 Å². The highest BCUT2D eigenvalue weighted by Crippen LogP contribution is 2.27. The zero-order valence-electron chi connectivity index (χ0n) is 11.1. The van der Waals surface area contributed by atoms with Crippen LogP contribution in [0.15, 0.2) is 24.3 Å². The number of Topliss-reactive ketones (excluding diaryl/α,β-unsaturated/α-hetero) is 1. The molecule has 94 valence electrons. The number of hydrogen-bond donors (Lipinski definition) is 1. The third kappa shape index (κ3) is 3.16. The van der Waals surface area contributed by atoms with Crippen LogP contribution in [0.5, 0.6) is 0 Å². The predicted octanol–water partition coefficient (Wildman–Crippen LogP) is 2.87. The van der Waals surface area contributed by atoms with E-state index in [4.69, 9.17) is 5.73 Å². The SMILES string of the molecule is CCC(CC)(CN)C(=O)Cc1ccc(C)cc1. The van der Waals surface area contributed by atoms with Gasteiger partial charge in [0.2, 0.25) is 0 Å². The first-order valence-electron chi connectivity index (χ1n) is 6.37. The molecule has 0 aliphatic heterocycles. The van der Waals surface area contributed by atoms with Gasteiger partial charge < -0.3 is 5.73 Å². The maximum Gasteiger partial charge on any atom is 0.144 e. The van der Waals surface area contributed by atoms with Gasteiger partial charge in [0.25, 0.3) is 0 Å². The molecule has 0 heterocycles. The van der Waals surface area contributed by atoms with Gasteiger partial charge in [0.15, 0.2) is 0 Å². The lowest BCUT2D eigenvalue weighted by Crippen LogP contribution is -2.38. The van der Waals surface area contributed by atoms with Crippen LogP contribution < -0.4 is 5.73 Å². The van der Waals surface area contributed by atoms with Crippen molar-refractivity contribution >= 4 is 5.78 Å². The Morgan fingerprint density at radius 1 is 1.18 bits per heavy atom. The Balaban J connectivity index is 2.80. The summed E-state index contributed by atoms with van der Waals surface area (Å²) in [6, 6.07) is 8.15. The van der Waals surface area contributed by atoms with E-state index in [0.717, 1.165) is 18.4 Å². The molecule has 0 unspecified atom stereocenters. The van der Waals surface area contributed by atoms with Crippen LogP contribution in [0.2, 0.25) is 0 Å². The highest BCUT2D eigenvalue weighted by Gasteiger charge is 2.32. The number of aryl methyl sites for hydroxylation is 1. The van der Waals surface area contributed by atoms with Crippen LogP contribution in [-0.4, -0.2) is 12.3 Å². The summed E-state index contributed by atoms with van der Waals surface area (Å²) in [7, 11) is 0. The lowest BCUT2D eigenvalue weighted by Gasteiger charge is -2.28. The second kappa shape index (κ2) is 5.97. The average molecular weight is 233 g/mol. The summed E-state index contributed by atoms with van der Waals surface area (Å²) >= 11 is 0. The molecule has 2 heteroatoms. The lowest BCUT2D eigenvalue weighted by molar-refractivity contribution is -0.128. The van der Waals surface area contributed by atoms with Gasteiger partial charge in [-0.15, -0.1) is 0 Å². The Hall–Kier alpha value is -1.15. The van der Waals surface area contributed by atoms with Gasteiger partial charge >= 0.3 is 0 Å². The molecular weight excluding hydrogens is 210 g/mol. The van der Waals surface area contributed by atoms with Crippen molar-refractivity contribution in [3.8, 4) is 0 Å². The summed E-state index contributed by atoms with van der Waals surface area (Å²) < 4.78 is 0. The molecule has 0 bridgehead atoms. The minimum Gasteiger partial charge on any atom is -0.329 e. The minimum absolute atomic E-state index is 0.272. The van der Waals surface area contributed by atoms with Gasteiger partial charge in [0.1, 0.15) is 5.78 Å². The summed E-state index contributed by atoms with van der Waals surface area (Å²) in [5.74, 6) is 0.272. The molecule has 0 saturated carbocycles. The lowest BCUT2D eigenvalue weighted by atomic mass is 9.76. The molecule has 0 aromatic heterocycles. The Bertz CT molecular complexity index is 355. The van der Waals surface area contributed by atoms with E-state index in [-0.39, 0.29) is 11.2 Å². The molecule has 1 rings (SSSR count). The van der Waals surface area contributed by atoms with Gasteiger partial charge in [-0.3, -0.25) is 4.79 Å². The maximum absolute atomic E-state index is 12.3. The standard InChI is InChI=1S/C15H23NO/c1-4-15(5-2,11-16)14(17)10-13-8-6-12(3)7-9-13/h6-9H,4-5,10-11,16H2,1-3H3. The van der Waals surface area contributed by atoms with E-state index in [2.05, 4.69) is 0 Å². The fourth-order valence-corrected chi connectivity index (χ4v) is 2.13. The summed E-state index contributed by atoms with van der Waals surface area (Å²) in [6.45, 7) is 6.59. The fourth-order valence-electron chi connectivity index (χ4n) is 2.13. The average Bonchev–Trinajstić information content (AvgIpc) is 2.35. The molecule has 2 N–H and O–H groups in total. The fraction of sp³-hybridized carbons (Fsp3) is 0.533. The Morgan fingerprint density at radius 2 is 1.71 bits per heavy atom. The van der Waals surface area contributed by atoms with E-state index in [0.29, 0.717) is 13.0 Å². The molecular formula is C15H23NO. The molecule has 0 spiro atoms. The van der Waals surface area contributed by atoms with E-state index >= 15 is 0 Å². The molecule has 0 saturated heterocycles. The smallest absolute Gasteiger partial charge is 0.144 e. The second-order valence-electron chi connectivity index (χ2n) is 4.78. The third-order valence-corrected chi connectivity index (χ3v) is 3.82. The molecule has 0 radical (unpaired) electrons. The molecule has 2 nitrogen and oxygen atoms in total. The van der Waals surface area contributed by atoms with Crippen molar-refractivity contribution in [2.24, 2.45) is 11.1 Å². The maximum atomic E-state index is 12.3. The van der Waals surface area contributed by atoms with Crippen molar-refractivity contribution in [1.82, 2.24) is 0 Å². The second-order valence-corrected chi connectivity index (χ2v) is 4.78. The van der Waals surface area contributed by atoms with Crippen molar-refractivity contribution in [2.45, 2.75) is 40.0 Å². The van der Waals surface area contributed by atoms with E-state index in [1.54, 1.807) is 0 Å². The summed E-state index contributed by atoms with van der Waals surface area (Å²) in [6.07, 6.45) is 2.15.